The van der Waals surface area contributed by atoms with E-state index in [9.17, 15) is 9.59 Å². The summed E-state index contributed by atoms with van der Waals surface area (Å²) in [7, 11) is 0. The van der Waals surface area contributed by atoms with Crippen LogP contribution >= 0.6 is 0 Å². The van der Waals surface area contributed by atoms with Crippen molar-refractivity contribution in [1.29, 1.82) is 0 Å². The molecule has 0 amide bonds. The molecule has 0 unspecified atom stereocenters. The van der Waals surface area contributed by atoms with E-state index in [1.54, 1.807) is 13.8 Å². The van der Waals surface area contributed by atoms with Crippen LogP contribution in [0.1, 0.15) is 79.4 Å². The fraction of sp³-hybridized carbons (Fsp3) is 0.600. The second kappa shape index (κ2) is 7.37. The average molecular weight is 334 g/mol. The van der Waals surface area contributed by atoms with Gasteiger partial charge in [-0.25, -0.2) is 0 Å². The van der Waals surface area contributed by atoms with Gasteiger partial charge in [0.25, 0.3) is 0 Å². The molecule has 0 saturated heterocycles. The Balaban J connectivity index is 3.59. The SMILES string of the molecule is CCC(=O)Oc1cc(C(C)(C)C)c(OC(=O)CC)cc1C(C)(C)C. The Morgan fingerprint density at radius 2 is 1.04 bits per heavy atom. The normalized spacial score (nSPS) is 12.0. The molecule has 4 nitrogen and oxygen atoms in total. The molecule has 0 atom stereocenters. The van der Waals surface area contributed by atoms with Crippen molar-refractivity contribution in [3.63, 3.8) is 0 Å². The fourth-order valence-corrected chi connectivity index (χ4v) is 2.29. The molecule has 0 heterocycles. The number of esters is 2. The van der Waals surface area contributed by atoms with E-state index in [0.717, 1.165) is 11.1 Å². The predicted octanol–water partition coefficient (Wildman–Crippen LogP) is 4.91. The Morgan fingerprint density at radius 3 is 1.25 bits per heavy atom. The molecule has 0 fully saturated rings. The standard InChI is InChI=1S/C20H30O4/c1-9-17(21)23-15-11-14(20(6,7)8)16(24-18(22)10-2)12-13(15)19(3,4)5/h11-12H,9-10H2,1-8H3. The summed E-state index contributed by atoms with van der Waals surface area (Å²) in [5.74, 6) is 0.517. The maximum Gasteiger partial charge on any atom is 0.310 e. The van der Waals surface area contributed by atoms with Gasteiger partial charge in [0.05, 0.1) is 0 Å². The van der Waals surface area contributed by atoms with Crippen LogP contribution in [-0.2, 0) is 20.4 Å². The Labute approximate surface area is 145 Å². The van der Waals surface area contributed by atoms with Gasteiger partial charge in [0.1, 0.15) is 11.5 Å². The molecule has 4 heteroatoms. The highest BCUT2D eigenvalue weighted by atomic mass is 16.5. The second-order valence-electron chi connectivity index (χ2n) is 8.00. The van der Waals surface area contributed by atoms with Crippen molar-refractivity contribution in [3.05, 3.63) is 23.3 Å². The van der Waals surface area contributed by atoms with E-state index >= 15 is 0 Å². The largest absolute Gasteiger partial charge is 0.426 e. The lowest BCUT2D eigenvalue weighted by Crippen LogP contribution is -2.21. The molecule has 0 bridgehead atoms. The van der Waals surface area contributed by atoms with Gasteiger partial charge >= 0.3 is 11.9 Å². The summed E-state index contributed by atoms with van der Waals surface area (Å²) in [6, 6.07) is 3.68. The summed E-state index contributed by atoms with van der Waals surface area (Å²) < 4.78 is 11.1. The molecule has 1 aromatic carbocycles. The van der Waals surface area contributed by atoms with Crippen LogP contribution in [0.15, 0.2) is 12.1 Å². The quantitative estimate of drug-likeness (QED) is 0.580. The zero-order valence-electron chi connectivity index (χ0n) is 16.2. The predicted molar refractivity (Wildman–Crippen MR) is 95.7 cm³/mol. The van der Waals surface area contributed by atoms with E-state index in [2.05, 4.69) is 0 Å². The third kappa shape index (κ3) is 5.08. The number of benzene rings is 1. The number of ether oxygens (including phenoxy) is 2. The minimum atomic E-state index is -0.279. The number of rotatable bonds is 4. The summed E-state index contributed by atoms with van der Waals surface area (Å²) >= 11 is 0. The molecule has 0 saturated carbocycles. The summed E-state index contributed by atoms with van der Waals surface area (Å²) in [5, 5.41) is 0. The molecule has 0 radical (unpaired) electrons. The smallest absolute Gasteiger partial charge is 0.310 e. The van der Waals surface area contributed by atoms with Gasteiger partial charge in [0, 0.05) is 24.0 Å². The maximum atomic E-state index is 11.8. The fourth-order valence-electron chi connectivity index (χ4n) is 2.29. The van der Waals surface area contributed by atoms with Crippen molar-refractivity contribution in [2.24, 2.45) is 0 Å². The lowest BCUT2D eigenvalue weighted by molar-refractivity contribution is -0.135. The van der Waals surface area contributed by atoms with Crippen LogP contribution in [0.3, 0.4) is 0 Å². The molecular weight excluding hydrogens is 304 g/mol. The van der Waals surface area contributed by atoms with Crippen LogP contribution in [0.25, 0.3) is 0 Å². The molecule has 0 aliphatic rings. The molecule has 0 aliphatic carbocycles. The van der Waals surface area contributed by atoms with Gasteiger partial charge in [-0.05, 0) is 23.0 Å². The van der Waals surface area contributed by atoms with Gasteiger partial charge in [0.15, 0.2) is 0 Å². The van der Waals surface area contributed by atoms with Crippen molar-refractivity contribution in [2.45, 2.75) is 79.1 Å². The lowest BCUT2D eigenvalue weighted by atomic mass is 9.81. The van der Waals surface area contributed by atoms with Crippen molar-refractivity contribution >= 4 is 11.9 Å². The maximum absolute atomic E-state index is 11.8. The summed E-state index contributed by atoms with van der Waals surface area (Å²) in [4.78, 5) is 23.6. The average Bonchev–Trinajstić information content (AvgIpc) is 2.45. The summed E-state index contributed by atoms with van der Waals surface area (Å²) in [6.07, 6.45) is 0.613. The molecule has 0 N–H and O–H groups in total. The van der Waals surface area contributed by atoms with Gasteiger partial charge < -0.3 is 9.47 Å². The molecule has 0 aliphatic heterocycles. The zero-order chi connectivity index (χ0) is 18.7. The third-order valence-corrected chi connectivity index (χ3v) is 3.72. The highest BCUT2D eigenvalue weighted by molar-refractivity contribution is 5.75. The van der Waals surface area contributed by atoms with Crippen LogP contribution in [-0.4, -0.2) is 11.9 Å². The lowest BCUT2D eigenvalue weighted by Gasteiger charge is -2.28. The van der Waals surface area contributed by atoms with Crippen LogP contribution < -0.4 is 9.47 Å². The van der Waals surface area contributed by atoms with Gasteiger partial charge in [-0.1, -0.05) is 55.4 Å². The van der Waals surface area contributed by atoms with Crippen molar-refractivity contribution in [1.82, 2.24) is 0 Å². The first kappa shape index (κ1) is 20.2. The Hall–Kier alpha value is -1.84. The van der Waals surface area contributed by atoms with E-state index in [1.807, 2.05) is 53.7 Å². The number of carbonyl (C=O) groups is 2. The minimum Gasteiger partial charge on any atom is -0.426 e. The topological polar surface area (TPSA) is 52.6 Å². The number of carbonyl (C=O) groups excluding carboxylic acids is 2. The van der Waals surface area contributed by atoms with Gasteiger partial charge in [-0.15, -0.1) is 0 Å². The Bertz CT molecular complexity index is 560. The highest BCUT2D eigenvalue weighted by Crippen LogP contribution is 2.41. The van der Waals surface area contributed by atoms with E-state index < -0.39 is 0 Å². The molecule has 0 aromatic heterocycles. The third-order valence-electron chi connectivity index (χ3n) is 3.72. The Kier molecular flexibility index (Phi) is 6.20. The van der Waals surface area contributed by atoms with Crippen LogP contribution in [0.5, 0.6) is 11.5 Å². The first-order chi connectivity index (χ1) is 10.9. The van der Waals surface area contributed by atoms with E-state index in [4.69, 9.17) is 9.47 Å². The minimum absolute atomic E-state index is 0.257. The van der Waals surface area contributed by atoms with E-state index in [-0.39, 0.29) is 22.8 Å². The zero-order valence-corrected chi connectivity index (χ0v) is 16.2. The Morgan fingerprint density at radius 1 is 0.750 bits per heavy atom. The van der Waals surface area contributed by atoms with Crippen molar-refractivity contribution in [2.75, 3.05) is 0 Å². The highest BCUT2D eigenvalue weighted by Gasteiger charge is 2.28. The molecule has 0 spiro atoms. The van der Waals surface area contributed by atoms with Crippen LogP contribution in [0.4, 0.5) is 0 Å². The van der Waals surface area contributed by atoms with Crippen LogP contribution in [0, 0.1) is 0 Å². The molecular formula is C20H30O4. The number of hydrogen-bond acceptors (Lipinski definition) is 4. The van der Waals surface area contributed by atoms with Gasteiger partial charge in [-0.2, -0.15) is 0 Å². The van der Waals surface area contributed by atoms with E-state index in [0.29, 0.717) is 24.3 Å². The van der Waals surface area contributed by atoms with E-state index in [1.165, 1.54) is 0 Å². The monoisotopic (exact) mass is 334 g/mol. The van der Waals surface area contributed by atoms with Crippen LogP contribution in [0.2, 0.25) is 0 Å². The van der Waals surface area contributed by atoms with Gasteiger partial charge in [-0.3, -0.25) is 9.59 Å². The molecule has 24 heavy (non-hydrogen) atoms. The molecule has 1 rings (SSSR count). The summed E-state index contributed by atoms with van der Waals surface area (Å²) in [5.41, 5.74) is 1.17. The van der Waals surface area contributed by atoms with Crippen molar-refractivity contribution < 1.29 is 19.1 Å². The first-order valence-corrected chi connectivity index (χ1v) is 8.50. The molecule has 134 valence electrons. The first-order valence-electron chi connectivity index (χ1n) is 8.50. The second-order valence-corrected chi connectivity index (χ2v) is 8.00. The summed E-state index contributed by atoms with van der Waals surface area (Å²) in [6.45, 7) is 15.7. The number of hydrogen-bond donors (Lipinski definition) is 0. The van der Waals surface area contributed by atoms with Crippen molar-refractivity contribution in [3.8, 4) is 11.5 Å². The van der Waals surface area contributed by atoms with Gasteiger partial charge in [0.2, 0.25) is 0 Å². The molecule has 1 aromatic rings.